The summed E-state index contributed by atoms with van der Waals surface area (Å²) >= 11 is 0. The van der Waals surface area contributed by atoms with Gasteiger partial charge in [0, 0.05) is 16.5 Å². The Morgan fingerprint density at radius 3 is 1.15 bits per heavy atom. The monoisotopic (exact) mass is 413 g/mol. The fourth-order valence-corrected chi connectivity index (χ4v) is 7.29. The number of rotatable bonds is 0. The number of anilines is 1. The molecule has 10 aromatic rings. The molecule has 0 fully saturated rings. The Kier molecular flexibility index (Phi) is 2.13. The lowest BCUT2D eigenvalue weighted by atomic mass is 9.77. The average molecular weight is 413 g/mol. The summed E-state index contributed by atoms with van der Waals surface area (Å²) in [5.74, 6) is 0. The van der Waals surface area contributed by atoms with Gasteiger partial charge >= 0.3 is 0 Å². The minimum Gasteiger partial charge on any atom is -0.398 e. The van der Waals surface area contributed by atoms with Gasteiger partial charge in [-0.15, -0.1) is 0 Å². The van der Waals surface area contributed by atoms with Crippen LogP contribution in [0.3, 0.4) is 0 Å². The summed E-state index contributed by atoms with van der Waals surface area (Å²) in [4.78, 5) is 0. The van der Waals surface area contributed by atoms with Crippen molar-refractivity contribution in [2.24, 2.45) is 0 Å². The van der Waals surface area contributed by atoms with Gasteiger partial charge in [-0.3, -0.25) is 0 Å². The fourth-order valence-electron chi connectivity index (χ4n) is 7.29. The van der Waals surface area contributed by atoms with Crippen molar-refractivity contribution in [2.75, 3.05) is 5.73 Å². The second kappa shape index (κ2) is 4.55. The Balaban J connectivity index is 1.81. The van der Waals surface area contributed by atoms with Crippen molar-refractivity contribution in [1.82, 2.24) is 0 Å². The van der Waals surface area contributed by atoms with Crippen molar-refractivity contribution in [1.29, 1.82) is 0 Å². The number of benzene rings is 10. The Labute approximate surface area is 187 Å². The van der Waals surface area contributed by atoms with Crippen molar-refractivity contribution >= 4 is 103 Å². The molecule has 148 valence electrons. The molecule has 0 radical (unpaired) electrons. The summed E-state index contributed by atoms with van der Waals surface area (Å²) in [5, 5.41) is 24.3. The normalized spacial score (nSPS) is 13.6. The second-order valence-corrected chi connectivity index (χ2v) is 9.91. The number of nitrogens with two attached hydrogens (primary N) is 1. The van der Waals surface area contributed by atoms with Crippen LogP contribution in [0.2, 0.25) is 0 Å². The van der Waals surface area contributed by atoms with E-state index in [0.29, 0.717) is 0 Å². The van der Waals surface area contributed by atoms with Gasteiger partial charge in [0.1, 0.15) is 0 Å². The lowest BCUT2D eigenvalue weighted by Crippen LogP contribution is -1.98. The van der Waals surface area contributed by atoms with Gasteiger partial charge in [0.2, 0.25) is 0 Å². The minimum atomic E-state index is 0.870. The molecule has 0 saturated carbocycles. The zero-order chi connectivity index (χ0) is 21.2. The number of hydrogen-bond donors (Lipinski definition) is 1. The van der Waals surface area contributed by atoms with E-state index >= 15 is 0 Å². The van der Waals surface area contributed by atoms with E-state index in [4.69, 9.17) is 5.73 Å². The Morgan fingerprint density at radius 1 is 0.303 bits per heavy atom. The summed E-state index contributed by atoms with van der Waals surface area (Å²) in [6.45, 7) is 0. The summed E-state index contributed by atoms with van der Waals surface area (Å²) in [5.41, 5.74) is 7.59. The van der Waals surface area contributed by atoms with Crippen LogP contribution in [0.5, 0.6) is 0 Å². The molecule has 0 aromatic heterocycles. The van der Waals surface area contributed by atoms with Crippen molar-refractivity contribution in [2.45, 2.75) is 0 Å². The van der Waals surface area contributed by atoms with Gasteiger partial charge in [-0.25, -0.2) is 0 Å². The highest BCUT2D eigenvalue weighted by Gasteiger charge is 2.26. The van der Waals surface area contributed by atoms with Crippen LogP contribution in [0.1, 0.15) is 0 Å². The fraction of sp³-hybridized carbons (Fsp3) is 0. The van der Waals surface area contributed by atoms with E-state index in [1.807, 2.05) is 0 Å². The van der Waals surface area contributed by atoms with Crippen LogP contribution in [0.25, 0.3) is 97.0 Å². The predicted octanol–water partition coefficient (Wildman–Crippen LogP) is 8.84. The summed E-state index contributed by atoms with van der Waals surface area (Å²) in [6, 6.07) is 29.8. The van der Waals surface area contributed by atoms with Gasteiger partial charge in [-0.05, 0) is 104 Å². The van der Waals surface area contributed by atoms with E-state index < -0.39 is 0 Å². The van der Waals surface area contributed by atoms with Crippen molar-refractivity contribution in [3.63, 3.8) is 0 Å². The largest absolute Gasteiger partial charge is 0.398 e. The lowest BCUT2D eigenvalue weighted by Gasteiger charge is -2.25. The molecule has 0 heterocycles. The van der Waals surface area contributed by atoms with E-state index in [1.54, 1.807) is 0 Å². The first-order chi connectivity index (χ1) is 16.3. The van der Waals surface area contributed by atoms with Crippen LogP contribution in [0, 0.1) is 0 Å². The molecule has 10 rings (SSSR count). The van der Waals surface area contributed by atoms with Gasteiger partial charge in [0.15, 0.2) is 0 Å². The number of nitrogen functional groups attached to an aromatic ring is 1. The summed E-state index contributed by atoms with van der Waals surface area (Å²) in [7, 11) is 0. The molecule has 0 aliphatic carbocycles. The average Bonchev–Trinajstić information content (AvgIpc) is 2.85. The van der Waals surface area contributed by atoms with E-state index in [0.717, 1.165) is 5.69 Å². The molecular weight excluding hydrogens is 398 g/mol. The topological polar surface area (TPSA) is 26.0 Å². The van der Waals surface area contributed by atoms with Crippen LogP contribution in [-0.4, -0.2) is 0 Å². The second-order valence-electron chi connectivity index (χ2n) is 9.91. The maximum Gasteiger partial charge on any atom is 0.0400 e. The van der Waals surface area contributed by atoms with Gasteiger partial charge in [0.25, 0.3) is 0 Å². The SMILES string of the molecule is Nc1cc2ccc3ccc4cc5ccc6ccc7ccc8cc1c1c2c3c4c2c5c6c7c8c12. The smallest absolute Gasteiger partial charge is 0.0400 e. The Morgan fingerprint density at radius 2 is 0.636 bits per heavy atom. The third kappa shape index (κ3) is 1.43. The molecule has 1 nitrogen and oxygen atoms in total. The Bertz CT molecular complexity index is 2370. The minimum absolute atomic E-state index is 0.870. The quantitative estimate of drug-likeness (QED) is 0.150. The standard InChI is InChI=1S/C32H15N/c33-22-13-20-10-6-16-4-8-18-11-17-7-3-14-1-2-15-5-9-19-12-21(22)30-26(20)25(16)28(18)31-27(17)23(14)24(15)29(19)32(30)31/h1-13H,33H2. The summed E-state index contributed by atoms with van der Waals surface area (Å²) in [6.07, 6.45) is 0. The molecule has 0 spiro atoms. The highest BCUT2D eigenvalue weighted by Crippen LogP contribution is 2.55. The van der Waals surface area contributed by atoms with Crippen LogP contribution >= 0.6 is 0 Å². The van der Waals surface area contributed by atoms with Crippen molar-refractivity contribution in [3.8, 4) is 0 Å². The first kappa shape index (κ1) is 15.4. The molecule has 0 aliphatic rings. The van der Waals surface area contributed by atoms with Gasteiger partial charge in [-0.1, -0.05) is 60.7 Å². The lowest BCUT2D eigenvalue weighted by molar-refractivity contribution is 1.80. The molecule has 2 N–H and O–H groups in total. The molecule has 0 unspecified atom stereocenters. The molecule has 0 saturated heterocycles. The highest BCUT2D eigenvalue weighted by atomic mass is 14.6. The maximum absolute atomic E-state index is 6.72. The van der Waals surface area contributed by atoms with E-state index in [-0.39, 0.29) is 0 Å². The molecule has 0 atom stereocenters. The Hall–Kier alpha value is -4.36. The number of hydrogen-bond acceptors (Lipinski definition) is 1. The van der Waals surface area contributed by atoms with Crippen LogP contribution < -0.4 is 5.73 Å². The van der Waals surface area contributed by atoms with E-state index in [2.05, 4.69) is 78.9 Å². The van der Waals surface area contributed by atoms with Gasteiger partial charge in [-0.2, -0.15) is 0 Å². The third-order valence-electron chi connectivity index (χ3n) is 8.49. The molecule has 0 bridgehead atoms. The van der Waals surface area contributed by atoms with Crippen molar-refractivity contribution < 1.29 is 0 Å². The van der Waals surface area contributed by atoms with Gasteiger partial charge in [0.05, 0.1) is 0 Å². The molecule has 0 aliphatic heterocycles. The third-order valence-corrected chi connectivity index (χ3v) is 8.49. The summed E-state index contributed by atoms with van der Waals surface area (Å²) < 4.78 is 0. The van der Waals surface area contributed by atoms with Gasteiger partial charge < -0.3 is 5.73 Å². The zero-order valence-corrected chi connectivity index (χ0v) is 17.6. The molecule has 10 aromatic carbocycles. The molecule has 1 heteroatoms. The van der Waals surface area contributed by atoms with Crippen molar-refractivity contribution in [3.05, 3.63) is 78.9 Å². The van der Waals surface area contributed by atoms with E-state index in [1.165, 1.54) is 97.0 Å². The van der Waals surface area contributed by atoms with E-state index in [9.17, 15) is 0 Å². The molecule has 0 amide bonds. The maximum atomic E-state index is 6.72. The van der Waals surface area contributed by atoms with Crippen LogP contribution in [-0.2, 0) is 0 Å². The highest BCUT2D eigenvalue weighted by molar-refractivity contribution is 6.53. The first-order valence-electron chi connectivity index (χ1n) is 11.6. The van der Waals surface area contributed by atoms with Crippen LogP contribution in [0.15, 0.2) is 78.9 Å². The molecule has 33 heavy (non-hydrogen) atoms. The predicted molar refractivity (Wildman–Crippen MR) is 144 cm³/mol. The zero-order valence-electron chi connectivity index (χ0n) is 17.6. The molecular formula is C32H15N. The first-order valence-corrected chi connectivity index (χ1v) is 11.6. The van der Waals surface area contributed by atoms with Crippen LogP contribution in [0.4, 0.5) is 5.69 Å².